The van der Waals surface area contributed by atoms with Crippen LogP contribution in [-0.2, 0) is 22.3 Å². The van der Waals surface area contributed by atoms with Crippen molar-refractivity contribution in [1.82, 2.24) is 4.90 Å². The Labute approximate surface area is 221 Å². The average molecular weight is 546 g/mol. The number of aliphatic hydroxyl groups excluding tert-OH is 1. The number of Topliss-reactive ketones (excluding diaryl/α,β-unsaturated/α-hetero) is 1. The molecule has 1 N–H and O–H groups in total. The van der Waals surface area contributed by atoms with Crippen LogP contribution in [0, 0.1) is 6.92 Å². The van der Waals surface area contributed by atoms with Crippen LogP contribution in [-0.4, -0.2) is 35.9 Å². The minimum absolute atomic E-state index is 0.0995. The SMILES string of the molecule is COc1cccc(C2/C(=C(\O)c3cc(C)cc(Cl)c3OC)C(=O)C(=O)N2Cc2cccc(C(F)(F)F)c2)c1. The summed E-state index contributed by atoms with van der Waals surface area (Å²) in [6.45, 7) is 1.41. The largest absolute Gasteiger partial charge is 0.507 e. The zero-order valence-corrected chi connectivity index (χ0v) is 21.4. The molecule has 6 nitrogen and oxygen atoms in total. The van der Waals surface area contributed by atoms with Gasteiger partial charge in [0.25, 0.3) is 11.7 Å². The monoisotopic (exact) mass is 545 g/mol. The van der Waals surface area contributed by atoms with Crippen molar-refractivity contribution in [2.75, 3.05) is 14.2 Å². The van der Waals surface area contributed by atoms with Crippen LogP contribution < -0.4 is 9.47 Å². The number of ketones is 1. The second kappa shape index (κ2) is 10.4. The first-order valence-corrected chi connectivity index (χ1v) is 11.8. The highest BCUT2D eigenvalue weighted by atomic mass is 35.5. The molecule has 1 unspecified atom stereocenters. The van der Waals surface area contributed by atoms with Gasteiger partial charge in [-0.1, -0.05) is 35.9 Å². The molecule has 0 aliphatic carbocycles. The van der Waals surface area contributed by atoms with Crippen LogP contribution in [0.4, 0.5) is 13.2 Å². The van der Waals surface area contributed by atoms with Gasteiger partial charge in [-0.05, 0) is 60.0 Å². The van der Waals surface area contributed by atoms with Crippen LogP contribution in [0.5, 0.6) is 11.5 Å². The van der Waals surface area contributed by atoms with Crippen LogP contribution in [0.1, 0.15) is 33.9 Å². The van der Waals surface area contributed by atoms with Gasteiger partial charge < -0.3 is 19.5 Å². The van der Waals surface area contributed by atoms with Gasteiger partial charge in [0.1, 0.15) is 17.3 Å². The topological polar surface area (TPSA) is 76.1 Å². The lowest BCUT2D eigenvalue weighted by molar-refractivity contribution is -0.140. The third-order valence-electron chi connectivity index (χ3n) is 6.20. The third-order valence-corrected chi connectivity index (χ3v) is 6.48. The molecule has 1 saturated heterocycles. The number of aryl methyl sites for hydroxylation is 1. The van der Waals surface area contributed by atoms with E-state index in [1.807, 2.05) is 0 Å². The summed E-state index contributed by atoms with van der Waals surface area (Å²) in [6, 6.07) is 13.1. The second-order valence-corrected chi connectivity index (χ2v) is 9.14. The van der Waals surface area contributed by atoms with Gasteiger partial charge >= 0.3 is 6.18 Å². The van der Waals surface area contributed by atoms with E-state index in [0.717, 1.165) is 17.0 Å². The lowest BCUT2D eigenvalue weighted by Crippen LogP contribution is -2.29. The zero-order chi connectivity index (χ0) is 27.8. The van der Waals surface area contributed by atoms with Crippen molar-refractivity contribution in [3.63, 3.8) is 0 Å². The Morgan fingerprint density at radius 3 is 2.39 bits per heavy atom. The highest BCUT2D eigenvalue weighted by molar-refractivity contribution is 6.46. The number of carbonyl (C=O) groups is 2. The number of benzene rings is 3. The first-order chi connectivity index (χ1) is 18.0. The summed E-state index contributed by atoms with van der Waals surface area (Å²) in [6.07, 6.45) is -4.59. The molecule has 198 valence electrons. The highest BCUT2D eigenvalue weighted by Gasteiger charge is 2.46. The predicted octanol–water partition coefficient (Wildman–Crippen LogP) is 6.31. The lowest BCUT2D eigenvalue weighted by Gasteiger charge is -2.26. The van der Waals surface area contributed by atoms with Gasteiger partial charge in [-0.3, -0.25) is 9.59 Å². The molecule has 38 heavy (non-hydrogen) atoms. The fourth-order valence-corrected chi connectivity index (χ4v) is 4.85. The van der Waals surface area contributed by atoms with Gasteiger partial charge in [0.2, 0.25) is 0 Å². The van der Waals surface area contributed by atoms with E-state index in [9.17, 15) is 27.9 Å². The molecule has 0 aromatic heterocycles. The number of amides is 1. The number of carbonyl (C=O) groups excluding carboxylic acids is 2. The number of methoxy groups -OCH3 is 2. The van der Waals surface area contributed by atoms with Crippen molar-refractivity contribution in [3.05, 3.63) is 99.1 Å². The minimum atomic E-state index is -4.59. The summed E-state index contributed by atoms with van der Waals surface area (Å²) in [5, 5.41) is 11.6. The van der Waals surface area contributed by atoms with E-state index >= 15 is 0 Å². The molecular formula is C28H23ClF3NO5. The lowest BCUT2D eigenvalue weighted by atomic mass is 9.94. The standard InChI is InChI=1S/C28H23ClF3NO5/c1-15-10-20(26(38-3)21(29)11-15)24(34)22-23(17-7-5-9-19(13-17)37-2)33(27(36)25(22)35)14-16-6-4-8-18(12-16)28(30,31)32/h4-13,23,34H,14H2,1-3H3/b24-22+. The van der Waals surface area contributed by atoms with Crippen molar-refractivity contribution in [2.45, 2.75) is 25.7 Å². The normalized spacial score (nSPS) is 17.1. The Balaban J connectivity index is 1.92. The summed E-state index contributed by atoms with van der Waals surface area (Å²) < 4.78 is 50.6. The number of aliphatic hydroxyl groups is 1. The van der Waals surface area contributed by atoms with Crippen molar-refractivity contribution in [2.24, 2.45) is 0 Å². The number of likely N-dealkylation sites (tertiary alicyclic amines) is 1. The van der Waals surface area contributed by atoms with Crippen molar-refractivity contribution < 1.29 is 37.3 Å². The Bertz CT molecular complexity index is 1450. The number of hydrogen-bond acceptors (Lipinski definition) is 5. The van der Waals surface area contributed by atoms with Gasteiger partial charge in [0.05, 0.1) is 42.0 Å². The number of ether oxygens (including phenoxy) is 2. The molecule has 0 spiro atoms. The molecule has 1 aliphatic rings. The third kappa shape index (κ3) is 5.06. The average Bonchev–Trinajstić information content (AvgIpc) is 3.12. The fourth-order valence-electron chi connectivity index (χ4n) is 4.50. The van der Waals surface area contributed by atoms with Crippen LogP contribution in [0.3, 0.4) is 0 Å². The van der Waals surface area contributed by atoms with Crippen molar-refractivity contribution in [1.29, 1.82) is 0 Å². The van der Waals surface area contributed by atoms with E-state index in [2.05, 4.69) is 0 Å². The Morgan fingerprint density at radius 1 is 1.03 bits per heavy atom. The molecule has 3 aromatic carbocycles. The predicted molar refractivity (Wildman–Crippen MR) is 135 cm³/mol. The molecule has 1 fully saturated rings. The smallest absolute Gasteiger partial charge is 0.416 e. The summed E-state index contributed by atoms with van der Waals surface area (Å²) in [7, 11) is 2.79. The van der Waals surface area contributed by atoms with E-state index < -0.39 is 35.2 Å². The molecule has 0 bridgehead atoms. The maximum atomic E-state index is 13.4. The molecule has 0 saturated carbocycles. The van der Waals surface area contributed by atoms with E-state index in [4.69, 9.17) is 21.1 Å². The fraction of sp³-hybridized carbons (Fsp3) is 0.214. The molecule has 3 aromatic rings. The Hall–Kier alpha value is -3.98. The number of hydrogen-bond donors (Lipinski definition) is 1. The quantitative estimate of drug-likeness (QED) is 0.223. The van der Waals surface area contributed by atoms with Gasteiger partial charge in [-0.15, -0.1) is 0 Å². The molecular weight excluding hydrogens is 523 g/mol. The molecule has 0 radical (unpaired) electrons. The molecule has 10 heteroatoms. The number of nitrogens with zero attached hydrogens (tertiary/aromatic N) is 1. The zero-order valence-electron chi connectivity index (χ0n) is 20.6. The van der Waals surface area contributed by atoms with Gasteiger partial charge in [-0.2, -0.15) is 13.2 Å². The van der Waals surface area contributed by atoms with E-state index in [-0.39, 0.29) is 34.0 Å². The maximum Gasteiger partial charge on any atom is 0.416 e. The Kier molecular flexibility index (Phi) is 7.42. The molecule has 1 amide bonds. The number of rotatable bonds is 6. The first kappa shape index (κ1) is 27.1. The van der Waals surface area contributed by atoms with E-state index in [1.165, 1.54) is 26.4 Å². The van der Waals surface area contributed by atoms with Gasteiger partial charge in [0.15, 0.2) is 0 Å². The van der Waals surface area contributed by atoms with E-state index in [0.29, 0.717) is 16.9 Å². The molecule has 4 rings (SSSR count). The summed E-state index contributed by atoms with van der Waals surface area (Å²) in [5.41, 5.74) is 0.190. The second-order valence-electron chi connectivity index (χ2n) is 8.73. The summed E-state index contributed by atoms with van der Waals surface area (Å²) >= 11 is 6.30. The molecule has 1 heterocycles. The van der Waals surface area contributed by atoms with Crippen LogP contribution in [0.2, 0.25) is 5.02 Å². The van der Waals surface area contributed by atoms with Crippen LogP contribution in [0.25, 0.3) is 5.76 Å². The molecule has 1 atom stereocenters. The number of halogens is 4. The minimum Gasteiger partial charge on any atom is -0.507 e. The maximum absolute atomic E-state index is 13.4. The van der Waals surface area contributed by atoms with Gasteiger partial charge in [-0.25, -0.2) is 0 Å². The Morgan fingerprint density at radius 2 is 1.74 bits per heavy atom. The molecule has 1 aliphatic heterocycles. The van der Waals surface area contributed by atoms with Crippen LogP contribution in [0.15, 0.2) is 66.2 Å². The highest BCUT2D eigenvalue weighted by Crippen LogP contribution is 2.44. The number of alkyl halides is 3. The summed E-state index contributed by atoms with van der Waals surface area (Å²) in [5.74, 6) is -1.98. The van der Waals surface area contributed by atoms with E-state index in [1.54, 1.807) is 43.3 Å². The van der Waals surface area contributed by atoms with Crippen LogP contribution >= 0.6 is 11.6 Å². The van der Waals surface area contributed by atoms with Crippen molar-refractivity contribution >= 4 is 29.1 Å². The van der Waals surface area contributed by atoms with Crippen molar-refractivity contribution in [3.8, 4) is 11.5 Å². The first-order valence-electron chi connectivity index (χ1n) is 11.4. The van der Waals surface area contributed by atoms with Gasteiger partial charge in [0, 0.05) is 6.54 Å². The summed E-state index contributed by atoms with van der Waals surface area (Å²) in [4.78, 5) is 27.8.